The molecule has 3 aromatic rings. The van der Waals surface area contributed by atoms with Crippen LogP contribution in [0.3, 0.4) is 0 Å². The van der Waals surface area contributed by atoms with Crippen molar-refractivity contribution in [2.75, 3.05) is 5.32 Å². The van der Waals surface area contributed by atoms with Crippen LogP contribution in [0.15, 0.2) is 78.9 Å². The van der Waals surface area contributed by atoms with E-state index in [0.717, 1.165) is 28.3 Å². The van der Waals surface area contributed by atoms with E-state index in [9.17, 15) is 4.79 Å². The van der Waals surface area contributed by atoms with E-state index in [1.54, 1.807) is 0 Å². The fraction of sp³-hybridized carbons (Fsp3) is 0.136. The van der Waals surface area contributed by atoms with E-state index < -0.39 is 6.10 Å². The third kappa shape index (κ3) is 3.70. The molecule has 1 heterocycles. The highest BCUT2D eigenvalue weighted by Crippen LogP contribution is 2.28. The lowest BCUT2D eigenvalue weighted by Crippen LogP contribution is -2.31. The second kappa shape index (κ2) is 7.31. The Morgan fingerprint density at radius 3 is 2.46 bits per heavy atom. The number of hydrogen-bond acceptors (Lipinski definition) is 3. The van der Waals surface area contributed by atoms with Crippen molar-refractivity contribution in [2.24, 2.45) is 0 Å². The number of carbonyl (C=O) groups is 1. The molecule has 26 heavy (non-hydrogen) atoms. The number of ether oxygens (including phenoxy) is 2. The number of para-hydroxylation sites is 1. The van der Waals surface area contributed by atoms with Crippen molar-refractivity contribution in [2.45, 2.75) is 19.1 Å². The van der Waals surface area contributed by atoms with E-state index in [2.05, 4.69) is 5.32 Å². The van der Waals surface area contributed by atoms with Crippen LogP contribution in [0.4, 0.5) is 5.69 Å². The molecule has 1 aliphatic rings. The summed E-state index contributed by atoms with van der Waals surface area (Å²) in [6.07, 6.45) is 0.113. The van der Waals surface area contributed by atoms with Crippen molar-refractivity contribution < 1.29 is 14.3 Å². The van der Waals surface area contributed by atoms with Crippen LogP contribution < -0.4 is 14.8 Å². The lowest BCUT2D eigenvalue weighted by Gasteiger charge is -2.12. The van der Waals surface area contributed by atoms with E-state index in [-0.39, 0.29) is 5.91 Å². The van der Waals surface area contributed by atoms with Crippen LogP contribution >= 0.6 is 0 Å². The lowest BCUT2D eigenvalue weighted by molar-refractivity contribution is -0.122. The maximum absolute atomic E-state index is 12.4. The number of rotatable bonds is 5. The van der Waals surface area contributed by atoms with Gasteiger partial charge in [0.1, 0.15) is 18.1 Å². The summed E-state index contributed by atoms with van der Waals surface area (Å²) in [6.45, 7) is 0.515. The minimum Gasteiger partial charge on any atom is -0.489 e. The monoisotopic (exact) mass is 345 g/mol. The first-order valence-electron chi connectivity index (χ1n) is 8.60. The summed E-state index contributed by atoms with van der Waals surface area (Å²) in [7, 11) is 0. The molecule has 4 nitrogen and oxygen atoms in total. The standard InChI is InChI=1S/C22H19NO3/c24-22(21-14-17-8-4-5-9-20(17)26-21)23-18-10-12-19(13-11-18)25-15-16-6-2-1-3-7-16/h1-13,21H,14-15H2,(H,23,24)/t21-/m1/s1. The van der Waals surface area contributed by atoms with Crippen LogP contribution in [0.2, 0.25) is 0 Å². The normalized spacial score (nSPS) is 15.0. The van der Waals surface area contributed by atoms with E-state index in [0.29, 0.717) is 13.0 Å². The quantitative estimate of drug-likeness (QED) is 0.754. The van der Waals surface area contributed by atoms with E-state index in [4.69, 9.17) is 9.47 Å². The number of nitrogens with one attached hydrogen (secondary N) is 1. The number of hydrogen-bond donors (Lipinski definition) is 1. The van der Waals surface area contributed by atoms with Gasteiger partial charge in [-0.1, -0.05) is 48.5 Å². The maximum atomic E-state index is 12.4. The highest BCUT2D eigenvalue weighted by molar-refractivity contribution is 5.95. The smallest absolute Gasteiger partial charge is 0.265 e. The number of amides is 1. The molecule has 1 amide bonds. The van der Waals surface area contributed by atoms with Gasteiger partial charge in [0.25, 0.3) is 5.91 Å². The summed E-state index contributed by atoms with van der Waals surface area (Å²) >= 11 is 0. The first kappa shape index (κ1) is 16.2. The number of fused-ring (bicyclic) bond motifs is 1. The highest BCUT2D eigenvalue weighted by atomic mass is 16.5. The van der Waals surface area contributed by atoms with Gasteiger partial charge in [-0.15, -0.1) is 0 Å². The fourth-order valence-corrected chi connectivity index (χ4v) is 2.93. The van der Waals surface area contributed by atoms with Crippen molar-refractivity contribution in [3.8, 4) is 11.5 Å². The average molecular weight is 345 g/mol. The summed E-state index contributed by atoms with van der Waals surface area (Å²) in [4.78, 5) is 12.4. The van der Waals surface area contributed by atoms with Gasteiger partial charge in [0.05, 0.1) is 0 Å². The Morgan fingerprint density at radius 2 is 1.69 bits per heavy atom. The second-order valence-electron chi connectivity index (χ2n) is 6.21. The SMILES string of the molecule is O=C(Nc1ccc(OCc2ccccc2)cc1)[C@H]1Cc2ccccc2O1. The molecule has 3 aromatic carbocycles. The van der Waals surface area contributed by atoms with Gasteiger partial charge >= 0.3 is 0 Å². The predicted molar refractivity (Wildman–Crippen MR) is 100 cm³/mol. The Hall–Kier alpha value is -3.27. The molecule has 4 heteroatoms. The summed E-state index contributed by atoms with van der Waals surface area (Å²) in [5, 5.41) is 2.90. The summed E-state index contributed by atoms with van der Waals surface area (Å²) in [5.41, 5.74) is 2.90. The summed E-state index contributed by atoms with van der Waals surface area (Å²) in [6, 6.07) is 25.1. The second-order valence-corrected chi connectivity index (χ2v) is 6.21. The number of anilines is 1. The van der Waals surface area contributed by atoms with E-state index >= 15 is 0 Å². The van der Waals surface area contributed by atoms with Crippen LogP contribution in [0, 0.1) is 0 Å². The molecular weight excluding hydrogens is 326 g/mol. The minimum absolute atomic E-state index is 0.140. The zero-order chi connectivity index (χ0) is 17.8. The molecule has 0 saturated carbocycles. The molecule has 0 unspecified atom stereocenters. The van der Waals surface area contributed by atoms with Crippen LogP contribution in [0.5, 0.6) is 11.5 Å². The summed E-state index contributed by atoms with van der Waals surface area (Å²) < 4.78 is 11.5. The molecule has 0 spiro atoms. The molecule has 0 aliphatic carbocycles. The average Bonchev–Trinajstić information content (AvgIpc) is 3.13. The minimum atomic E-state index is -0.485. The van der Waals surface area contributed by atoms with Gasteiger partial charge < -0.3 is 14.8 Å². The molecule has 0 bridgehead atoms. The van der Waals surface area contributed by atoms with Crippen LogP contribution in [-0.2, 0) is 17.8 Å². The molecule has 0 aromatic heterocycles. The first-order chi connectivity index (χ1) is 12.8. The van der Waals surface area contributed by atoms with Gasteiger partial charge in [-0.05, 0) is 41.5 Å². The van der Waals surface area contributed by atoms with Crippen molar-refractivity contribution in [3.05, 3.63) is 90.0 Å². The van der Waals surface area contributed by atoms with Crippen LogP contribution in [-0.4, -0.2) is 12.0 Å². The molecule has 4 rings (SSSR count). The van der Waals surface area contributed by atoms with Gasteiger partial charge in [-0.25, -0.2) is 0 Å². The van der Waals surface area contributed by atoms with Gasteiger partial charge in [-0.3, -0.25) is 4.79 Å². The van der Waals surface area contributed by atoms with Crippen molar-refractivity contribution >= 4 is 11.6 Å². The van der Waals surface area contributed by atoms with Gasteiger partial charge in [0.2, 0.25) is 0 Å². The van der Waals surface area contributed by atoms with E-state index in [1.807, 2.05) is 78.9 Å². The Kier molecular flexibility index (Phi) is 4.56. The largest absolute Gasteiger partial charge is 0.489 e. The lowest BCUT2D eigenvalue weighted by atomic mass is 10.1. The van der Waals surface area contributed by atoms with Crippen molar-refractivity contribution in [3.63, 3.8) is 0 Å². The Balaban J connectivity index is 1.32. The van der Waals surface area contributed by atoms with E-state index in [1.165, 1.54) is 0 Å². The molecule has 1 atom stereocenters. The van der Waals surface area contributed by atoms with Crippen LogP contribution in [0.25, 0.3) is 0 Å². The molecule has 130 valence electrons. The third-order valence-electron chi connectivity index (χ3n) is 4.31. The van der Waals surface area contributed by atoms with Crippen LogP contribution in [0.1, 0.15) is 11.1 Å². The molecule has 0 saturated heterocycles. The van der Waals surface area contributed by atoms with Gasteiger partial charge in [-0.2, -0.15) is 0 Å². The zero-order valence-electron chi connectivity index (χ0n) is 14.2. The molecule has 0 radical (unpaired) electrons. The van der Waals surface area contributed by atoms with Gasteiger partial charge in [0, 0.05) is 12.1 Å². The predicted octanol–water partition coefficient (Wildman–Crippen LogP) is 4.21. The Morgan fingerprint density at radius 1 is 0.962 bits per heavy atom. The molecular formula is C22H19NO3. The summed E-state index contributed by atoms with van der Waals surface area (Å²) in [5.74, 6) is 1.41. The Bertz CT molecular complexity index is 866. The maximum Gasteiger partial charge on any atom is 0.265 e. The molecule has 0 fully saturated rings. The van der Waals surface area contributed by atoms with Gasteiger partial charge in [0.15, 0.2) is 6.10 Å². The highest BCUT2D eigenvalue weighted by Gasteiger charge is 2.28. The van der Waals surface area contributed by atoms with Crippen molar-refractivity contribution in [1.82, 2.24) is 0 Å². The number of benzene rings is 3. The third-order valence-corrected chi connectivity index (χ3v) is 4.31. The van der Waals surface area contributed by atoms with Crippen molar-refractivity contribution in [1.29, 1.82) is 0 Å². The first-order valence-corrected chi connectivity index (χ1v) is 8.60. The molecule has 1 aliphatic heterocycles. The molecule has 1 N–H and O–H groups in total. The fourth-order valence-electron chi connectivity index (χ4n) is 2.93. The zero-order valence-corrected chi connectivity index (χ0v) is 14.2. The topological polar surface area (TPSA) is 47.6 Å². The Labute approximate surface area is 152 Å². The number of carbonyl (C=O) groups excluding carboxylic acids is 1.